The number of hydrogen-bond acceptors (Lipinski definition) is 6. The van der Waals surface area contributed by atoms with Gasteiger partial charge in [-0.1, -0.05) is 56.8 Å². The van der Waals surface area contributed by atoms with Crippen molar-refractivity contribution in [2.24, 2.45) is 0 Å². The minimum atomic E-state index is -0.207. The normalized spacial score (nSPS) is 13.9. The summed E-state index contributed by atoms with van der Waals surface area (Å²) in [5, 5.41) is 12.1. The summed E-state index contributed by atoms with van der Waals surface area (Å²) >= 11 is 1.29. The van der Waals surface area contributed by atoms with E-state index < -0.39 is 0 Å². The summed E-state index contributed by atoms with van der Waals surface area (Å²) in [5.41, 5.74) is 2.24. The molecular formula is C25H31N5O3S. The van der Waals surface area contributed by atoms with E-state index in [2.05, 4.69) is 48.4 Å². The Morgan fingerprint density at radius 1 is 1.09 bits per heavy atom. The summed E-state index contributed by atoms with van der Waals surface area (Å²) in [5.74, 6) is 1.39. The smallest absolute Gasteiger partial charge is 0.241 e. The van der Waals surface area contributed by atoms with Crippen molar-refractivity contribution in [3.05, 3.63) is 54.0 Å². The second-order valence-electron chi connectivity index (χ2n) is 9.45. The molecule has 0 radical (unpaired) electrons. The Kier molecular flexibility index (Phi) is 7.41. The fraction of sp³-hybridized carbons (Fsp3) is 0.440. The van der Waals surface area contributed by atoms with Gasteiger partial charge in [0.15, 0.2) is 11.0 Å². The van der Waals surface area contributed by atoms with Gasteiger partial charge < -0.3 is 14.6 Å². The average Bonchev–Trinajstić information content (AvgIpc) is 3.58. The summed E-state index contributed by atoms with van der Waals surface area (Å²) in [6.07, 6.45) is 3.69. The first-order chi connectivity index (χ1) is 16.3. The van der Waals surface area contributed by atoms with E-state index in [-0.39, 0.29) is 29.5 Å². The number of nitrogens with zero attached hydrogens (tertiary/aromatic N) is 4. The fourth-order valence-electron chi connectivity index (χ4n) is 3.86. The van der Waals surface area contributed by atoms with Crippen LogP contribution in [0.15, 0.2) is 52.2 Å². The Hall–Kier alpha value is -3.07. The van der Waals surface area contributed by atoms with Crippen molar-refractivity contribution in [1.29, 1.82) is 0 Å². The predicted octanol–water partition coefficient (Wildman–Crippen LogP) is 3.71. The number of likely N-dealkylation sites (tertiary alicyclic amines) is 1. The van der Waals surface area contributed by atoms with Crippen LogP contribution in [-0.2, 0) is 21.5 Å². The van der Waals surface area contributed by atoms with E-state index in [0.717, 1.165) is 37.3 Å². The molecule has 3 heterocycles. The van der Waals surface area contributed by atoms with Crippen LogP contribution < -0.4 is 5.32 Å². The van der Waals surface area contributed by atoms with Gasteiger partial charge in [-0.2, -0.15) is 0 Å². The van der Waals surface area contributed by atoms with Gasteiger partial charge in [-0.25, -0.2) is 0 Å². The minimum absolute atomic E-state index is 0.0298. The number of carbonyl (C=O) groups is 2. The molecule has 34 heavy (non-hydrogen) atoms. The number of aromatic nitrogens is 3. The van der Waals surface area contributed by atoms with E-state index in [1.54, 1.807) is 11.2 Å². The molecule has 9 heteroatoms. The van der Waals surface area contributed by atoms with Gasteiger partial charge in [0.25, 0.3) is 0 Å². The molecule has 1 aliphatic rings. The molecule has 1 N–H and O–H groups in total. The van der Waals surface area contributed by atoms with Crippen molar-refractivity contribution in [2.45, 2.75) is 50.7 Å². The Morgan fingerprint density at radius 2 is 1.82 bits per heavy atom. The van der Waals surface area contributed by atoms with Crippen LogP contribution >= 0.6 is 11.8 Å². The SMILES string of the molecule is CC(C)(C)c1ccc(-c2nnc(SCC(=O)NCC(=O)N3CCCC3)n2Cc2ccco2)cc1. The van der Waals surface area contributed by atoms with Gasteiger partial charge in [-0.3, -0.25) is 14.2 Å². The molecule has 1 aliphatic heterocycles. The fourth-order valence-corrected chi connectivity index (χ4v) is 4.63. The number of nitrogens with one attached hydrogen (secondary N) is 1. The molecule has 0 bridgehead atoms. The van der Waals surface area contributed by atoms with Crippen molar-refractivity contribution in [2.75, 3.05) is 25.4 Å². The summed E-state index contributed by atoms with van der Waals surface area (Å²) in [6, 6.07) is 12.1. The van der Waals surface area contributed by atoms with Crippen LogP contribution in [0.4, 0.5) is 0 Å². The maximum absolute atomic E-state index is 12.4. The van der Waals surface area contributed by atoms with E-state index in [1.807, 2.05) is 28.8 Å². The van der Waals surface area contributed by atoms with Crippen LogP contribution in [0.3, 0.4) is 0 Å². The predicted molar refractivity (Wildman–Crippen MR) is 132 cm³/mol. The Morgan fingerprint density at radius 3 is 2.47 bits per heavy atom. The zero-order valence-electron chi connectivity index (χ0n) is 19.9. The first kappa shape index (κ1) is 24.1. The van der Waals surface area contributed by atoms with E-state index in [1.165, 1.54) is 17.3 Å². The van der Waals surface area contributed by atoms with Crippen molar-refractivity contribution in [3.8, 4) is 11.4 Å². The molecule has 8 nitrogen and oxygen atoms in total. The summed E-state index contributed by atoms with van der Waals surface area (Å²) in [4.78, 5) is 26.4. The third-order valence-corrected chi connectivity index (χ3v) is 6.81. The lowest BCUT2D eigenvalue weighted by molar-refractivity contribution is -0.131. The molecule has 0 atom stereocenters. The van der Waals surface area contributed by atoms with E-state index >= 15 is 0 Å². The molecule has 0 aliphatic carbocycles. The van der Waals surface area contributed by atoms with Crippen molar-refractivity contribution < 1.29 is 14.0 Å². The standard InChI is InChI=1S/C25H31N5O3S/c1-25(2,3)19-10-8-18(9-11-19)23-27-28-24(30(23)16-20-7-6-14-33-20)34-17-21(31)26-15-22(32)29-12-4-5-13-29/h6-11,14H,4-5,12-13,15-17H2,1-3H3,(H,26,31). The summed E-state index contributed by atoms with van der Waals surface area (Å²) < 4.78 is 7.51. The van der Waals surface area contributed by atoms with E-state index in [9.17, 15) is 9.59 Å². The molecule has 0 saturated carbocycles. The largest absolute Gasteiger partial charge is 0.467 e. The van der Waals surface area contributed by atoms with Crippen molar-refractivity contribution in [3.63, 3.8) is 0 Å². The monoisotopic (exact) mass is 481 g/mol. The molecule has 0 unspecified atom stereocenters. The first-order valence-corrected chi connectivity index (χ1v) is 12.5. The van der Waals surface area contributed by atoms with Crippen LogP contribution in [-0.4, -0.2) is 56.9 Å². The summed E-state index contributed by atoms with van der Waals surface area (Å²) in [7, 11) is 0. The van der Waals surface area contributed by atoms with Crippen molar-refractivity contribution >= 4 is 23.6 Å². The molecule has 1 fully saturated rings. The highest BCUT2D eigenvalue weighted by Crippen LogP contribution is 2.28. The lowest BCUT2D eigenvalue weighted by Gasteiger charge is -2.19. The highest BCUT2D eigenvalue weighted by Gasteiger charge is 2.20. The maximum atomic E-state index is 12.4. The number of amides is 2. The Labute approximate surface area is 204 Å². The maximum Gasteiger partial charge on any atom is 0.241 e. The number of hydrogen-bond donors (Lipinski definition) is 1. The molecule has 1 aromatic carbocycles. The average molecular weight is 482 g/mol. The molecular weight excluding hydrogens is 450 g/mol. The Bertz CT molecular complexity index is 1110. The highest BCUT2D eigenvalue weighted by atomic mass is 32.2. The third-order valence-electron chi connectivity index (χ3n) is 5.85. The zero-order chi connectivity index (χ0) is 24.1. The summed E-state index contributed by atoms with van der Waals surface area (Å²) in [6.45, 7) is 8.58. The lowest BCUT2D eigenvalue weighted by atomic mass is 9.87. The molecule has 0 spiro atoms. The number of carbonyl (C=O) groups excluding carboxylic acids is 2. The first-order valence-electron chi connectivity index (χ1n) is 11.5. The van der Waals surface area contributed by atoms with Gasteiger partial charge in [0.2, 0.25) is 11.8 Å². The highest BCUT2D eigenvalue weighted by molar-refractivity contribution is 7.99. The molecule has 1 saturated heterocycles. The van der Waals surface area contributed by atoms with Gasteiger partial charge in [0.05, 0.1) is 25.1 Å². The Balaban J connectivity index is 1.45. The second kappa shape index (κ2) is 10.5. The number of benzene rings is 1. The second-order valence-corrected chi connectivity index (χ2v) is 10.4. The number of rotatable bonds is 8. The molecule has 2 amide bonds. The molecule has 180 valence electrons. The van der Waals surface area contributed by atoms with Gasteiger partial charge in [-0.05, 0) is 36.0 Å². The lowest BCUT2D eigenvalue weighted by Crippen LogP contribution is -2.39. The molecule has 3 aromatic rings. The zero-order valence-corrected chi connectivity index (χ0v) is 20.7. The van der Waals surface area contributed by atoms with Crippen LogP contribution in [0.2, 0.25) is 0 Å². The number of furan rings is 1. The quantitative estimate of drug-likeness (QED) is 0.493. The minimum Gasteiger partial charge on any atom is -0.467 e. The molecule has 2 aromatic heterocycles. The topological polar surface area (TPSA) is 93.3 Å². The number of thioether (sulfide) groups is 1. The molecule has 4 rings (SSSR count). The van der Waals surface area contributed by atoms with Crippen LogP contribution in [0.5, 0.6) is 0 Å². The van der Waals surface area contributed by atoms with Crippen LogP contribution in [0.25, 0.3) is 11.4 Å². The third kappa shape index (κ3) is 5.88. The van der Waals surface area contributed by atoms with E-state index in [4.69, 9.17) is 4.42 Å². The van der Waals surface area contributed by atoms with Gasteiger partial charge in [-0.15, -0.1) is 10.2 Å². The van der Waals surface area contributed by atoms with Crippen molar-refractivity contribution in [1.82, 2.24) is 25.0 Å². The van der Waals surface area contributed by atoms with Crippen LogP contribution in [0.1, 0.15) is 44.9 Å². The van der Waals surface area contributed by atoms with E-state index in [0.29, 0.717) is 17.5 Å². The van der Waals surface area contributed by atoms with Gasteiger partial charge in [0.1, 0.15) is 5.76 Å². The van der Waals surface area contributed by atoms with Gasteiger partial charge >= 0.3 is 0 Å². The van der Waals surface area contributed by atoms with Crippen LogP contribution in [0, 0.1) is 0 Å². The van der Waals surface area contributed by atoms with Gasteiger partial charge in [0, 0.05) is 18.7 Å².